The summed E-state index contributed by atoms with van der Waals surface area (Å²) in [5.74, 6) is -0.293. The van der Waals surface area contributed by atoms with E-state index in [9.17, 15) is 4.39 Å². The van der Waals surface area contributed by atoms with Gasteiger partial charge in [0, 0.05) is 40.2 Å². The number of benzene rings is 1. The smallest absolute Gasteiger partial charge is 0.181 e. The van der Waals surface area contributed by atoms with E-state index >= 15 is 0 Å². The summed E-state index contributed by atoms with van der Waals surface area (Å²) in [5.41, 5.74) is 8.83. The van der Waals surface area contributed by atoms with E-state index in [1.165, 1.54) is 18.3 Å². The molecule has 0 aliphatic rings. The molecule has 0 atom stereocenters. The van der Waals surface area contributed by atoms with Crippen molar-refractivity contribution in [3.63, 3.8) is 0 Å². The molecule has 0 amide bonds. The van der Waals surface area contributed by atoms with Crippen molar-refractivity contribution in [3.05, 3.63) is 114 Å². The lowest BCUT2D eigenvalue weighted by atomic mass is 9.98. The minimum Gasteiger partial charge on any atom is -0.357 e. The van der Waals surface area contributed by atoms with Crippen LogP contribution in [-0.4, -0.2) is 25.9 Å². The Morgan fingerprint density at radius 3 is 2.56 bits per heavy atom. The first-order valence-electron chi connectivity index (χ1n) is 10.9. The third kappa shape index (κ3) is 4.30. The van der Waals surface area contributed by atoms with Gasteiger partial charge in [-0.05, 0) is 68.3 Å². The molecule has 0 spiro atoms. The molecule has 4 rings (SSSR count). The molecule has 0 unspecified atom stereocenters. The molecule has 4 aromatic rings. The fourth-order valence-corrected chi connectivity index (χ4v) is 4.08. The number of H-pyrrole nitrogens is 2. The summed E-state index contributed by atoms with van der Waals surface area (Å²) in [7, 11) is 0. The van der Waals surface area contributed by atoms with E-state index in [-0.39, 0.29) is 5.82 Å². The third-order valence-electron chi connectivity index (χ3n) is 5.68. The van der Waals surface area contributed by atoms with Crippen molar-refractivity contribution < 1.29 is 4.39 Å². The summed E-state index contributed by atoms with van der Waals surface area (Å²) in [6.07, 6.45) is 9.14. The normalized spacial score (nSPS) is 12.9. The standard InChI is InChI=1S/C28H26FN5/c1-6-9-17(4)22(7-2)20-14-24-27(33-34-28(24)31-16-20)25-15-23(18(5)32-25)26(30-8-3)19-10-12-21(29)13-11-19/h6-16,32H,1,3H2,2,4-5H3,(H,31,33,34)/b17-9-,22-7+,30-26?. The summed E-state index contributed by atoms with van der Waals surface area (Å²) >= 11 is 0. The number of aliphatic imine (C=N–C) groups is 1. The first-order valence-corrected chi connectivity index (χ1v) is 10.9. The van der Waals surface area contributed by atoms with Crippen LogP contribution in [0.1, 0.15) is 36.2 Å². The molecule has 34 heavy (non-hydrogen) atoms. The number of nitrogens with zero attached hydrogens (tertiary/aromatic N) is 3. The second kappa shape index (κ2) is 9.67. The van der Waals surface area contributed by atoms with Gasteiger partial charge in [0.2, 0.25) is 0 Å². The highest BCUT2D eigenvalue weighted by atomic mass is 19.1. The maximum Gasteiger partial charge on any atom is 0.181 e. The Morgan fingerprint density at radius 1 is 1.12 bits per heavy atom. The van der Waals surface area contributed by atoms with Gasteiger partial charge in [-0.3, -0.25) is 10.1 Å². The Balaban J connectivity index is 1.81. The predicted octanol–water partition coefficient (Wildman–Crippen LogP) is 6.92. The van der Waals surface area contributed by atoms with E-state index in [2.05, 4.69) is 50.5 Å². The molecule has 3 aromatic heterocycles. The van der Waals surface area contributed by atoms with Crippen LogP contribution in [0.25, 0.3) is 28.0 Å². The van der Waals surface area contributed by atoms with Gasteiger partial charge in [-0.1, -0.05) is 31.4 Å². The average Bonchev–Trinajstić information content (AvgIpc) is 3.42. The van der Waals surface area contributed by atoms with Gasteiger partial charge in [0.15, 0.2) is 5.65 Å². The van der Waals surface area contributed by atoms with Crippen LogP contribution in [0.2, 0.25) is 0 Å². The average molecular weight is 452 g/mol. The highest BCUT2D eigenvalue weighted by molar-refractivity contribution is 6.14. The first kappa shape index (κ1) is 22.9. The number of rotatable bonds is 7. The molecular weight excluding hydrogens is 425 g/mol. The monoisotopic (exact) mass is 451 g/mol. The summed E-state index contributed by atoms with van der Waals surface area (Å²) in [6, 6.07) is 10.4. The van der Waals surface area contributed by atoms with Crippen molar-refractivity contribution >= 4 is 22.3 Å². The zero-order valence-corrected chi connectivity index (χ0v) is 19.5. The number of hydrogen-bond donors (Lipinski definition) is 2. The largest absolute Gasteiger partial charge is 0.357 e. The van der Waals surface area contributed by atoms with Gasteiger partial charge in [-0.2, -0.15) is 5.10 Å². The van der Waals surface area contributed by atoms with Gasteiger partial charge in [-0.15, -0.1) is 0 Å². The van der Waals surface area contributed by atoms with Crippen molar-refractivity contribution in [1.82, 2.24) is 20.2 Å². The van der Waals surface area contributed by atoms with Crippen LogP contribution in [0.4, 0.5) is 4.39 Å². The van der Waals surface area contributed by atoms with Crippen LogP contribution < -0.4 is 0 Å². The van der Waals surface area contributed by atoms with Gasteiger partial charge in [0.25, 0.3) is 0 Å². The molecule has 0 aliphatic heterocycles. The van der Waals surface area contributed by atoms with Gasteiger partial charge < -0.3 is 4.98 Å². The molecule has 3 heterocycles. The lowest BCUT2D eigenvalue weighted by molar-refractivity contribution is 0.628. The topological polar surface area (TPSA) is 69.7 Å². The molecule has 170 valence electrons. The van der Waals surface area contributed by atoms with Crippen LogP contribution in [0.15, 0.2) is 90.7 Å². The molecule has 0 saturated carbocycles. The number of aromatic nitrogens is 4. The Labute approximate surface area is 198 Å². The predicted molar refractivity (Wildman–Crippen MR) is 138 cm³/mol. The zero-order chi connectivity index (χ0) is 24.2. The SMILES string of the molecule is C=C/C=C(C)\C(=C/C)c1cnc2n[nH]c(-c3cc(C(=NC=C)c4ccc(F)cc4)c(C)[nH]3)c2c1. The van der Waals surface area contributed by atoms with E-state index in [4.69, 9.17) is 0 Å². The van der Waals surface area contributed by atoms with Crippen molar-refractivity contribution in [2.24, 2.45) is 4.99 Å². The second-order valence-electron chi connectivity index (χ2n) is 7.87. The number of aromatic amines is 2. The number of halogens is 1. The lowest BCUT2D eigenvalue weighted by Gasteiger charge is -2.07. The van der Waals surface area contributed by atoms with E-state index in [1.54, 1.807) is 18.2 Å². The van der Waals surface area contributed by atoms with Crippen molar-refractivity contribution in [2.75, 3.05) is 0 Å². The highest BCUT2D eigenvalue weighted by Gasteiger charge is 2.18. The maximum absolute atomic E-state index is 13.5. The number of aryl methyl sites for hydroxylation is 1. The van der Waals surface area contributed by atoms with E-state index in [0.29, 0.717) is 11.4 Å². The molecule has 0 bridgehead atoms. The van der Waals surface area contributed by atoms with Gasteiger partial charge in [0.05, 0.1) is 17.1 Å². The fraction of sp³-hybridized carbons (Fsp3) is 0.107. The maximum atomic E-state index is 13.5. The number of pyridine rings is 1. The van der Waals surface area contributed by atoms with E-state index in [1.807, 2.05) is 39.1 Å². The zero-order valence-electron chi connectivity index (χ0n) is 19.5. The Morgan fingerprint density at radius 2 is 1.88 bits per heavy atom. The summed E-state index contributed by atoms with van der Waals surface area (Å²) < 4.78 is 13.5. The molecule has 6 heteroatoms. The molecule has 2 N–H and O–H groups in total. The fourth-order valence-electron chi connectivity index (χ4n) is 4.08. The molecular formula is C28H26FN5. The summed E-state index contributed by atoms with van der Waals surface area (Å²) in [4.78, 5) is 12.5. The third-order valence-corrected chi connectivity index (χ3v) is 5.68. The molecule has 0 saturated heterocycles. The van der Waals surface area contributed by atoms with E-state index < -0.39 is 0 Å². The minimum absolute atomic E-state index is 0.293. The molecule has 1 aromatic carbocycles. The van der Waals surface area contributed by atoms with E-state index in [0.717, 1.165) is 50.3 Å². The Kier molecular flexibility index (Phi) is 6.50. The molecule has 0 radical (unpaired) electrons. The van der Waals surface area contributed by atoms with Gasteiger partial charge in [-0.25, -0.2) is 9.37 Å². The minimum atomic E-state index is -0.293. The first-order chi connectivity index (χ1) is 16.5. The quantitative estimate of drug-likeness (QED) is 0.237. The number of hydrogen-bond acceptors (Lipinski definition) is 3. The number of nitrogens with one attached hydrogen (secondary N) is 2. The van der Waals surface area contributed by atoms with Crippen LogP contribution in [-0.2, 0) is 0 Å². The second-order valence-corrected chi connectivity index (χ2v) is 7.87. The molecule has 0 aliphatic carbocycles. The summed E-state index contributed by atoms with van der Waals surface area (Å²) in [5, 5.41) is 8.42. The van der Waals surface area contributed by atoms with Crippen LogP contribution in [0, 0.1) is 12.7 Å². The summed E-state index contributed by atoms with van der Waals surface area (Å²) in [6.45, 7) is 13.6. The van der Waals surface area contributed by atoms with Crippen LogP contribution >= 0.6 is 0 Å². The number of allylic oxidation sites excluding steroid dienone is 5. The Hall–Kier alpha value is -4.32. The van der Waals surface area contributed by atoms with Gasteiger partial charge in [0.1, 0.15) is 5.82 Å². The lowest BCUT2D eigenvalue weighted by Crippen LogP contribution is -2.03. The molecule has 0 fully saturated rings. The van der Waals surface area contributed by atoms with Crippen molar-refractivity contribution in [3.8, 4) is 11.4 Å². The van der Waals surface area contributed by atoms with Gasteiger partial charge >= 0.3 is 0 Å². The van der Waals surface area contributed by atoms with Crippen LogP contribution in [0.3, 0.4) is 0 Å². The van der Waals surface area contributed by atoms with Crippen LogP contribution in [0.5, 0.6) is 0 Å². The van der Waals surface area contributed by atoms with Crippen molar-refractivity contribution in [1.29, 1.82) is 0 Å². The molecule has 5 nitrogen and oxygen atoms in total. The Bertz CT molecular complexity index is 1460. The van der Waals surface area contributed by atoms with Crippen molar-refractivity contribution in [2.45, 2.75) is 20.8 Å². The number of fused-ring (bicyclic) bond motifs is 1. The highest BCUT2D eigenvalue weighted by Crippen LogP contribution is 2.31.